The van der Waals surface area contributed by atoms with Crippen molar-refractivity contribution in [1.29, 1.82) is 0 Å². The van der Waals surface area contributed by atoms with Crippen molar-refractivity contribution in [2.24, 2.45) is 0 Å². The molecule has 1 aromatic heterocycles. The van der Waals surface area contributed by atoms with Gasteiger partial charge in [-0.25, -0.2) is 4.79 Å². The molecule has 1 aliphatic rings. The molecule has 114 valence electrons. The molecule has 1 aliphatic carbocycles. The highest BCUT2D eigenvalue weighted by molar-refractivity contribution is 5.95. The van der Waals surface area contributed by atoms with Gasteiger partial charge in [-0.1, -0.05) is 36.8 Å². The third-order valence-electron chi connectivity index (χ3n) is 4.35. The summed E-state index contributed by atoms with van der Waals surface area (Å²) in [6, 6.07) is 11.4. The molecule has 0 aliphatic heterocycles. The number of rotatable bonds is 5. The van der Waals surface area contributed by atoms with Crippen molar-refractivity contribution in [3.63, 3.8) is 0 Å². The van der Waals surface area contributed by atoms with E-state index in [0.29, 0.717) is 6.54 Å². The minimum absolute atomic E-state index is 0.0147. The molecule has 0 atom stereocenters. The van der Waals surface area contributed by atoms with Gasteiger partial charge in [-0.05, 0) is 18.4 Å². The first-order chi connectivity index (χ1) is 10.6. The number of carbonyl (C=O) groups excluding carboxylic acids is 1. The molecule has 1 saturated carbocycles. The Kier molecular flexibility index (Phi) is 3.71. The Balaban J connectivity index is 1.68. The molecule has 3 rings (SSSR count). The maximum Gasteiger partial charge on any atom is 0.338 e. The lowest BCUT2D eigenvalue weighted by Crippen LogP contribution is -2.45. The Morgan fingerprint density at radius 3 is 2.50 bits per heavy atom. The highest BCUT2D eigenvalue weighted by Gasteiger charge is 2.38. The SMILES string of the molecule is O=C(O)c1coc(C(=O)NCC2(c3ccccc3)CCC2)c1. The molecule has 0 radical (unpaired) electrons. The number of hydrogen-bond donors (Lipinski definition) is 2. The number of carboxylic acids is 1. The zero-order chi connectivity index (χ0) is 15.6. The number of nitrogens with one attached hydrogen (secondary N) is 1. The van der Waals surface area contributed by atoms with Crippen molar-refractivity contribution in [3.05, 3.63) is 59.5 Å². The molecule has 2 N–H and O–H groups in total. The van der Waals surface area contributed by atoms with Crippen LogP contribution in [0.1, 0.15) is 45.7 Å². The topological polar surface area (TPSA) is 79.5 Å². The van der Waals surface area contributed by atoms with E-state index < -0.39 is 5.97 Å². The van der Waals surface area contributed by atoms with Crippen LogP contribution in [-0.2, 0) is 5.41 Å². The van der Waals surface area contributed by atoms with Gasteiger partial charge in [-0.2, -0.15) is 0 Å². The average molecular weight is 299 g/mol. The lowest BCUT2D eigenvalue weighted by Gasteiger charge is -2.42. The highest BCUT2D eigenvalue weighted by Crippen LogP contribution is 2.43. The minimum atomic E-state index is -1.11. The Morgan fingerprint density at radius 2 is 1.95 bits per heavy atom. The summed E-state index contributed by atoms with van der Waals surface area (Å²) < 4.78 is 5.02. The maximum absolute atomic E-state index is 12.1. The van der Waals surface area contributed by atoms with Gasteiger partial charge in [0.25, 0.3) is 5.91 Å². The Hall–Kier alpha value is -2.56. The van der Waals surface area contributed by atoms with E-state index in [0.717, 1.165) is 25.5 Å². The number of carboxylic acid groups (broad SMARTS) is 1. The second-order valence-corrected chi connectivity index (χ2v) is 5.69. The van der Waals surface area contributed by atoms with Crippen molar-refractivity contribution in [1.82, 2.24) is 5.32 Å². The summed E-state index contributed by atoms with van der Waals surface area (Å²) in [6.07, 6.45) is 4.30. The van der Waals surface area contributed by atoms with Crippen LogP contribution < -0.4 is 5.32 Å². The van der Waals surface area contributed by atoms with Crippen molar-refractivity contribution < 1.29 is 19.1 Å². The highest BCUT2D eigenvalue weighted by atomic mass is 16.4. The van der Waals surface area contributed by atoms with Crippen LogP contribution in [-0.4, -0.2) is 23.5 Å². The van der Waals surface area contributed by atoms with Crippen molar-refractivity contribution in [2.45, 2.75) is 24.7 Å². The summed E-state index contributed by atoms with van der Waals surface area (Å²) in [7, 11) is 0. The fourth-order valence-electron chi connectivity index (χ4n) is 2.87. The maximum atomic E-state index is 12.1. The van der Waals surface area contributed by atoms with E-state index in [1.165, 1.54) is 11.6 Å². The second kappa shape index (κ2) is 5.67. The van der Waals surface area contributed by atoms with Crippen LogP contribution in [0.5, 0.6) is 0 Å². The van der Waals surface area contributed by atoms with E-state index >= 15 is 0 Å². The molecular formula is C17H17NO4. The lowest BCUT2D eigenvalue weighted by atomic mass is 9.64. The summed E-state index contributed by atoms with van der Waals surface area (Å²) in [6.45, 7) is 0.527. The van der Waals surface area contributed by atoms with Crippen LogP contribution in [0.3, 0.4) is 0 Å². The number of benzene rings is 1. The molecule has 1 aromatic carbocycles. The third-order valence-corrected chi connectivity index (χ3v) is 4.35. The first kappa shape index (κ1) is 14.4. The smallest absolute Gasteiger partial charge is 0.338 e. The van der Waals surface area contributed by atoms with Gasteiger partial charge in [0.1, 0.15) is 6.26 Å². The number of carbonyl (C=O) groups is 2. The molecule has 22 heavy (non-hydrogen) atoms. The van der Waals surface area contributed by atoms with Gasteiger partial charge in [0, 0.05) is 18.0 Å². The van der Waals surface area contributed by atoms with Crippen molar-refractivity contribution in [2.75, 3.05) is 6.54 Å². The van der Waals surface area contributed by atoms with Crippen molar-refractivity contribution in [3.8, 4) is 0 Å². The van der Waals surface area contributed by atoms with Crippen LogP contribution in [0, 0.1) is 0 Å². The van der Waals surface area contributed by atoms with Gasteiger partial charge in [0.15, 0.2) is 5.76 Å². The lowest BCUT2D eigenvalue weighted by molar-refractivity contribution is 0.0695. The Labute approximate surface area is 127 Å². The number of aromatic carboxylic acids is 1. The number of furan rings is 1. The molecule has 1 fully saturated rings. The molecule has 1 amide bonds. The predicted molar refractivity (Wildman–Crippen MR) is 80.0 cm³/mol. The first-order valence-electron chi connectivity index (χ1n) is 7.26. The second-order valence-electron chi connectivity index (χ2n) is 5.69. The quantitative estimate of drug-likeness (QED) is 0.889. The summed E-state index contributed by atoms with van der Waals surface area (Å²) in [5, 5.41) is 11.7. The van der Waals surface area contributed by atoms with Crippen LogP contribution in [0.4, 0.5) is 0 Å². The van der Waals surface area contributed by atoms with Gasteiger partial charge < -0.3 is 14.8 Å². The van der Waals surface area contributed by atoms with Gasteiger partial charge in [0.2, 0.25) is 0 Å². The largest absolute Gasteiger partial charge is 0.478 e. The number of hydrogen-bond acceptors (Lipinski definition) is 3. The molecule has 1 heterocycles. The molecule has 5 heteroatoms. The Morgan fingerprint density at radius 1 is 1.23 bits per heavy atom. The summed E-state index contributed by atoms with van der Waals surface area (Å²) >= 11 is 0. The van der Waals surface area contributed by atoms with Gasteiger partial charge in [-0.3, -0.25) is 4.79 Å². The van der Waals surface area contributed by atoms with Crippen molar-refractivity contribution >= 4 is 11.9 Å². The van der Waals surface area contributed by atoms with Crippen LogP contribution >= 0.6 is 0 Å². The van der Waals surface area contributed by atoms with Gasteiger partial charge in [-0.15, -0.1) is 0 Å². The first-order valence-corrected chi connectivity index (χ1v) is 7.26. The van der Waals surface area contributed by atoms with E-state index in [2.05, 4.69) is 17.4 Å². The van der Waals surface area contributed by atoms with Crippen LogP contribution in [0.2, 0.25) is 0 Å². The molecule has 0 bridgehead atoms. The number of amides is 1. The molecule has 0 saturated heterocycles. The fraction of sp³-hybridized carbons (Fsp3) is 0.294. The molecule has 0 spiro atoms. The zero-order valence-electron chi connectivity index (χ0n) is 12.0. The molecule has 0 unspecified atom stereocenters. The standard InChI is InChI=1S/C17H17NO4/c19-15(14-9-12(10-22-14)16(20)21)18-11-17(7-4-8-17)13-5-2-1-3-6-13/h1-3,5-6,9-10H,4,7-8,11H2,(H,18,19)(H,20,21). The van der Waals surface area contributed by atoms with E-state index in [9.17, 15) is 9.59 Å². The summed E-state index contributed by atoms with van der Waals surface area (Å²) in [5.41, 5.74) is 1.19. The zero-order valence-corrected chi connectivity index (χ0v) is 12.0. The molecule has 2 aromatic rings. The molecular weight excluding hydrogens is 282 g/mol. The average Bonchev–Trinajstić information content (AvgIpc) is 2.97. The van der Waals surface area contributed by atoms with Crippen LogP contribution in [0.15, 0.2) is 47.1 Å². The normalized spacial score (nSPS) is 15.8. The summed E-state index contributed by atoms with van der Waals surface area (Å²) in [5.74, 6) is -1.46. The van der Waals surface area contributed by atoms with E-state index in [1.54, 1.807) is 0 Å². The monoisotopic (exact) mass is 299 g/mol. The molecule has 5 nitrogen and oxygen atoms in total. The summed E-state index contributed by atoms with van der Waals surface area (Å²) in [4.78, 5) is 22.9. The van der Waals surface area contributed by atoms with Crippen LogP contribution in [0.25, 0.3) is 0 Å². The third kappa shape index (κ3) is 2.62. The van der Waals surface area contributed by atoms with Gasteiger partial charge >= 0.3 is 5.97 Å². The van der Waals surface area contributed by atoms with E-state index in [4.69, 9.17) is 9.52 Å². The predicted octanol–water partition coefficient (Wildman–Crippen LogP) is 2.83. The fourth-order valence-corrected chi connectivity index (χ4v) is 2.87. The minimum Gasteiger partial charge on any atom is -0.478 e. The Bertz CT molecular complexity index is 686. The van der Waals surface area contributed by atoms with E-state index in [1.807, 2.05) is 18.2 Å². The van der Waals surface area contributed by atoms with Gasteiger partial charge in [0.05, 0.1) is 5.56 Å². The van der Waals surface area contributed by atoms with E-state index in [-0.39, 0.29) is 22.6 Å².